The number of fused-ring (bicyclic) bond motifs is 1. The minimum absolute atomic E-state index is 0.0213. The monoisotopic (exact) mass is 472 g/mol. The van der Waals surface area contributed by atoms with E-state index < -0.39 is 24.5 Å². The average molecular weight is 473 g/mol. The Bertz CT molecular complexity index is 1100. The van der Waals surface area contributed by atoms with Crippen LogP contribution >= 0.6 is 0 Å². The first kappa shape index (κ1) is 23.7. The van der Waals surface area contributed by atoms with Crippen LogP contribution in [0.3, 0.4) is 0 Å². The fraction of sp³-hybridized carbons (Fsp3) is 0.310. The summed E-state index contributed by atoms with van der Waals surface area (Å²) in [7, 11) is 0. The maximum atomic E-state index is 6.41. The largest absolute Gasteiger partial charge is 0.374 e. The molecule has 0 spiro atoms. The van der Waals surface area contributed by atoms with Crippen LogP contribution < -0.4 is 0 Å². The first-order chi connectivity index (χ1) is 17.3. The molecule has 0 N–H and O–H groups in total. The van der Waals surface area contributed by atoms with E-state index in [0.717, 1.165) is 11.1 Å². The minimum atomic E-state index is -1.47. The van der Waals surface area contributed by atoms with Gasteiger partial charge >= 0.3 is 5.97 Å². The van der Waals surface area contributed by atoms with Crippen molar-refractivity contribution in [1.82, 2.24) is 0 Å². The van der Waals surface area contributed by atoms with Gasteiger partial charge in [-0.2, -0.15) is 0 Å². The number of benzene rings is 3. The molecule has 5 rings (SSSR count). The molecule has 5 atom stereocenters. The van der Waals surface area contributed by atoms with Crippen LogP contribution in [-0.4, -0.2) is 37.8 Å². The lowest BCUT2D eigenvalue weighted by molar-refractivity contribution is -0.373. The maximum Gasteiger partial charge on any atom is 0.315 e. The summed E-state index contributed by atoms with van der Waals surface area (Å²) in [4.78, 5) is 0. The van der Waals surface area contributed by atoms with E-state index >= 15 is 0 Å². The molecule has 3 aromatic rings. The van der Waals surface area contributed by atoms with Gasteiger partial charge in [-0.15, -0.1) is 6.42 Å². The zero-order valence-corrected chi connectivity index (χ0v) is 19.3. The van der Waals surface area contributed by atoms with Gasteiger partial charge in [0.15, 0.2) is 6.29 Å². The lowest BCUT2D eigenvalue weighted by atomic mass is 10.1. The Labute approximate surface area is 205 Å². The van der Waals surface area contributed by atoms with E-state index in [4.69, 9.17) is 34.8 Å². The Kier molecular flexibility index (Phi) is 7.55. The summed E-state index contributed by atoms with van der Waals surface area (Å²) >= 11 is 0. The van der Waals surface area contributed by atoms with E-state index in [1.165, 1.54) is 0 Å². The predicted molar refractivity (Wildman–Crippen MR) is 129 cm³/mol. The van der Waals surface area contributed by atoms with Crippen LogP contribution in [0.5, 0.6) is 0 Å². The molecule has 2 saturated heterocycles. The van der Waals surface area contributed by atoms with Crippen LogP contribution in [0.1, 0.15) is 16.7 Å². The quantitative estimate of drug-likeness (QED) is 0.408. The summed E-state index contributed by atoms with van der Waals surface area (Å²) in [5.74, 6) is 1.03. The highest BCUT2D eigenvalue weighted by Gasteiger charge is 2.60. The van der Waals surface area contributed by atoms with E-state index in [-0.39, 0.29) is 12.7 Å². The molecule has 6 heteroatoms. The lowest BCUT2D eigenvalue weighted by Crippen LogP contribution is -2.40. The smallest absolute Gasteiger partial charge is 0.315 e. The van der Waals surface area contributed by atoms with Crippen molar-refractivity contribution >= 4 is 0 Å². The van der Waals surface area contributed by atoms with E-state index in [1.807, 2.05) is 91.0 Å². The van der Waals surface area contributed by atoms with Gasteiger partial charge in [0.25, 0.3) is 0 Å². The molecule has 1 unspecified atom stereocenters. The second-order valence-corrected chi connectivity index (χ2v) is 8.42. The van der Waals surface area contributed by atoms with Crippen molar-refractivity contribution in [2.24, 2.45) is 0 Å². The van der Waals surface area contributed by atoms with Crippen LogP contribution in [0.2, 0.25) is 0 Å². The van der Waals surface area contributed by atoms with Crippen molar-refractivity contribution in [3.05, 3.63) is 108 Å². The summed E-state index contributed by atoms with van der Waals surface area (Å²) in [6, 6.07) is 29.4. The molecule has 35 heavy (non-hydrogen) atoms. The zero-order chi connectivity index (χ0) is 23.9. The molecule has 0 amide bonds. The van der Waals surface area contributed by atoms with Gasteiger partial charge in [-0.25, -0.2) is 0 Å². The fourth-order valence-electron chi connectivity index (χ4n) is 4.31. The molecule has 2 aliphatic rings. The van der Waals surface area contributed by atoms with E-state index in [2.05, 4.69) is 5.92 Å². The number of hydrogen-bond acceptors (Lipinski definition) is 6. The number of ether oxygens (including phenoxy) is 6. The molecule has 0 saturated carbocycles. The number of terminal acetylenes is 1. The third-order valence-electron chi connectivity index (χ3n) is 5.98. The molecule has 2 fully saturated rings. The van der Waals surface area contributed by atoms with Crippen molar-refractivity contribution < 1.29 is 28.4 Å². The lowest BCUT2D eigenvalue weighted by Gasteiger charge is -2.30. The summed E-state index contributed by atoms with van der Waals surface area (Å²) in [6.07, 6.45) is 3.43. The van der Waals surface area contributed by atoms with Crippen LogP contribution in [0.15, 0.2) is 91.0 Å². The highest BCUT2D eigenvalue weighted by Crippen LogP contribution is 2.45. The summed E-state index contributed by atoms with van der Waals surface area (Å²) in [5.41, 5.74) is 2.84. The molecule has 2 aliphatic heterocycles. The molecule has 6 nitrogen and oxygen atoms in total. The van der Waals surface area contributed by atoms with Crippen molar-refractivity contribution in [3.63, 3.8) is 0 Å². The standard InChI is InChI=1S/C29H28O6/c1-2-18-32-29(24-16-10-5-11-17-24)34-27-26(31-20-23-14-8-4-9-15-23)25(33-28(27)35-29)21-30-19-22-12-6-3-7-13-22/h1,3-17,25-28H,18-21H2/t25-,26-,27-,28-,29?/m1/s1. The molecule has 3 aromatic carbocycles. The first-order valence-corrected chi connectivity index (χ1v) is 11.7. The minimum Gasteiger partial charge on any atom is -0.374 e. The molecule has 0 bridgehead atoms. The molecule has 2 heterocycles. The van der Waals surface area contributed by atoms with Crippen molar-refractivity contribution in [3.8, 4) is 12.3 Å². The van der Waals surface area contributed by atoms with Crippen molar-refractivity contribution in [2.45, 2.75) is 43.8 Å². The Morgan fingerprint density at radius 3 is 2.09 bits per heavy atom. The predicted octanol–water partition coefficient (Wildman–Crippen LogP) is 4.39. The number of rotatable bonds is 10. The third-order valence-corrected chi connectivity index (χ3v) is 5.98. The van der Waals surface area contributed by atoms with Crippen LogP contribution in [-0.2, 0) is 47.6 Å². The Morgan fingerprint density at radius 2 is 1.43 bits per heavy atom. The van der Waals surface area contributed by atoms with Gasteiger partial charge in [0.1, 0.15) is 24.9 Å². The average Bonchev–Trinajstić information content (AvgIpc) is 3.43. The Morgan fingerprint density at radius 1 is 0.800 bits per heavy atom. The van der Waals surface area contributed by atoms with E-state index in [1.54, 1.807) is 0 Å². The van der Waals surface area contributed by atoms with Gasteiger partial charge in [0.2, 0.25) is 0 Å². The van der Waals surface area contributed by atoms with Crippen molar-refractivity contribution in [2.75, 3.05) is 13.2 Å². The van der Waals surface area contributed by atoms with Gasteiger partial charge in [-0.3, -0.25) is 4.74 Å². The summed E-state index contributed by atoms with van der Waals surface area (Å²) in [6.45, 7) is 1.23. The zero-order valence-electron chi connectivity index (χ0n) is 19.3. The molecule has 0 aliphatic carbocycles. The molecule has 180 valence electrons. The Hall–Kier alpha value is -3.02. The van der Waals surface area contributed by atoms with Crippen LogP contribution in [0, 0.1) is 12.3 Å². The summed E-state index contributed by atoms with van der Waals surface area (Å²) in [5, 5.41) is 0. The highest BCUT2D eigenvalue weighted by molar-refractivity contribution is 5.20. The molecular weight excluding hydrogens is 444 g/mol. The molecule has 0 radical (unpaired) electrons. The van der Waals surface area contributed by atoms with E-state index in [0.29, 0.717) is 25.4 Å². The van der Waals surface area contributed by atoms with Crippen LogP contribution in [0.25, 0.3) is 0 Å². The fourth-order valence-corrected chi connectivity index (χ4v) is 4.31. The van der Waals surface area contributed by atoms with Gasteiger partial charge in [-0.1, -0.05) is 96.9 Å². The molecule has 0 aromatic heterocycles. The topological polar surface area (TPSA) is 55.4 Å². The van der Waals surface area contributed by atoms with Gasteiger partial charge in [0.05, 0.1) is 19.8 Å². The number of hydrogen-bond donors (Lipinski definition) is 0. The van der Waals surface area contributed by atoms with E-state index in [9.17, 15) is 0 Å². The Balaban J connectivity index is 1.32. The highest BCUT2D eigenvalue weighted by atomic mass is 16.9. The summed E-state index contributed by atoms with van der Waals surface area (Å²) < 4.78 is 37.1. The second kappa shape index (κ2) is 11.1. The SMILES string of the molecule is C#CCOC1(c2ccccc2)O[C@H]2O[C@H](COCc3ccccc3)[C@@H](OCc3ccccc3)[C@H]2O1. The maximum absolute atomic E-state index is 6.41. The van der Waals surface area contributed by atoms with Gasteiger partial charge < -0.3 is 23.7 Å². The first-order valence-electron chi connectivity index (χ1n) is 11.7. The van der Waals surface area contributed by atoms with Crippen LogP contribution in [0.4, 0.5) is 0 Å². The second-order valence-electron chi connectivity index (χ2n) is 8.42. The van der Waals surface area contributed by atoms with Gasteiger partial charge in [-0.05, 0) is 11.1 Å². The van der Waals surface area contributed by atoms with Gasteiger partial charge in [0, 0.05) is 5.56 Å². The van der Waals surface area contributed by atoms with Crippen molar-refractivity contribution in [1.29, 1.82) is 0 Å². The third kappa shape index (κ3) is 5.47. The molecular formula is C29H28O6. The normalized spacial score (nSPS) is 27.4.